The van der Waals surface area contributed by atoms with E-state index in [-0.39, 0.29) is 11.8 Å². The van der Waals surface area contributed by atoms with Gasteiger partial charge in [0, 0.05) is 18.9 Å². The van der Waals surface area contributed by atoms with Gasteiger partial charge in [-0.25, -0.2) is 4.98 Å². The molecule has 0 aliphatic carbocycles. The molecule has 4 heterocycles. The van der Waals surface area contributed by atoms with Gasteiger partial charge in [-0.05, 0) is 49.1 Å². The lowest BCUT2D eigenvalue weighted by atomic mass is 10.1. The number of fused-ring (bicyclic) bond motifs is 7. The Morgan fingerprint density at radius 3 is 3.06 bits per heavy atom. The number of nitrogens with one attached hydrogen (secondary N) is 2. The van der Waals surface area contributed by atoms with E-state index in [4.69, 9.17) is 4.74 Å². The van der Waals surface area contributed by atoms with Gasteiger partial charge in [0.25, 0.3) is 5.91 Å². The Morgan fingerprint density at radius 1 is 1.34 bits per heavy atom. The summed E-state index contributed by atoms with van der Waals surface area (Å²) in [7, 11) is 0. The molecule has 1 aliphatic heterocycles. The predicted octanol–water partition coefficient (Wildman–Crippen LogP) is 5.35. The fourth-order valence-corrected chi connectivity index (χ4v) is 5.22. The number of amides is 2. The number of thiophene rings is 1. The average Bonchev–Trinajstić information content (AvgIpc) is 3.43. The van der Waals surface area contributed by atoms with Gasteiger partial charge in [0.1, 0.15) is 5.75 Å². The first-order chi connectivity index (χ1) is 17.0. The first-order valence-corrected chi connectivity index (χ1v) is 12.3. The van der Waals surface area contributed by atoms with Crippen molar-refractivity contribution in [3.8, 4) is 16.2 Å². The Labute approximate surface area is 206 Å². The van der Waals surface area contributed by atoms with Gasteiger partial charge in [0.2, 0.25) is 11.9 Å². The highest BCUT2D eigenvalue weighted by Gasteiger charge is 2.22. The van der Waals surface area contributed by atoms with E-state index in [9.17, 15) is 9.59 Å². The second-order valence-corrected chi connectivity index (χ2v) is 9.56. The molecule has 1 aliphatic rings. The number of hydrogen-bond acceptors (Lipinski definition) is 6. The van der Waals surface area contributed by atoms with Crippen LogP contribution >= 0.6 is 11.3 Å². The Kier molecular flexibility index (Phi) is 6.33. The van der Waals surface area contributed by atoms with E-state index in [1.54, 1.807) is 24.5 Å². The van der Waals surface area contributed by atoms with Crippen LogP contribution < -0.4 is 15.4 Å². The highest BCUT2D eigenvalue weighted by Crippen LogP contribution is 2.41. The second-order valence-electron chi connectivity index (χ2n) is 8.50. The van der Waals surface area contributed by atoms with Gasteiger partial charge >= 0.3 is 0 Å². The van der Waals surface area contributed by atoms with Gasteiger partial charge in [-0.2, -0.15) is 0 Å². The average molecular weight is 488 g/mol. The number of ether oxygens (including phenoxy) is 1. The van der Waals surface area contributed by atoms with Crippen molar-refractivity contribution in [3.63, 3.8) is 0 Å². The van der Waals surface area contributed by atoms with E-state index in [0.717, 1.165) is 23.9 Å². The second kappa shape index (κ2) is 9.71. The summed E-state index contributed by atoms with van der Waals surface area (Å²) in [5.74, 6) is 0.836. The third kappa shape index (κ3) is 4.67. The summed E-state index contributed by atoms with van der Waals surface area (Å²) in [5, 5.41) is 5.81. The van der Waals surface area contributed by atoms with Crippen LogP contribution in [0.1, 0.15) is 29.4 Å². The van der Waals surface area contributed by atoms with Crippen molar-refractivity contribution < 1.29 is 14.3 Å². The van der Waals surface area contributed by atoms with Crippen LogP contribution in [0.5, 0.6) is 5.75 Å². The Bertz CT molecular complexity index is 1420. The number of carbonyl (C=O) groups excluding carboxylic acids is 2. The lowest BCUT2D eigenvalue weighted by molar-refractivity contribution is -0.111. The van der Waals surface area contributed by atoms with Crippen molar-refractivity contribution in [1.82, 2.24) is 14.5 Å². The summed E-state index contributed by atoms with van der Waals surface area (Å²) >= 11 is 1.26. The van der Waals surface area contributed by atoms with Gasteiger partial charge in [0.05, 0.1) is 38.6 Å². The number of anilines is 2. The molecule has 0 saturated heterocycles. The third-order valence-corrected chi connectivity index (χ3v) is 7.06. The largest absolute Gasteiger partial charge is 0.493 e. The fourth-order valence-electron chi connectivity index (χ4n) is 4.19. The lowest BCUT2D eigenvalue weighted by Gasteiger charge is -2.16. The number of aromatic nitrogens is 3. The van der Waals surface area contributed by atoms with Crippen LogP contribution in [0.2, 0.25) is 0 Å². The molecule has 5 rings (SSSR count). The predicted molar refractivity (Wildman–Crippen MR) is 138 cm³/mol. The van der Waals surface area contributed by atoms with E-state index < -0.39 is 0 Å². The van der Waals surface area contributed by atoms with E-state index in [1.165, 1.54) is 17.4 Å². The van der Waals surface area contributed by atoms with Crippen molar-refractivity contribution in [2.45, 2.75) is 26.3 Å². The minimum atomic E-state index is -0.368. The number of pyridine rings is 1. The summed E-state index contributed by atoms with van der Waals surface area (Å²) < 4.78 is 8.19. The van der Waals surface area contributed by atoms with Crippen LogP contribution in [-0.4, -0.2) is 33.0 Å². The molecule has 2 amide bonds. The Balaban J connectivity index is 1.62. The summed E-state index contributed by atoms with van der Waals surface area (Å²) in [5.41, 5.74) is 3.01. The first kappa shape index (κ1) is 22.8. The molecule has 1 aromatic carbocycles. The van der Waals surface area contributed by atoms with Crippen LogP contribution in [0.25, 0.3) is 21.5 Å². The SMILES string of the molecule is C=CC(=O)Nc1cc2sc1-c1cnccc1OCCC[C@@H](C)Cn1c(nc3ccccc31)NC2=O. The molecule has 3 aromatic heterocycles. The number of rotatable bonds is 2. The van der Waals surface area contributed by atoms with E-state index in [0.29, 0.717) is 51.8 Å². The van der Waals surface area contributed by atoms with Gasteiger partial charge < -0.3 is 14.6 Å². The molecule has 1 atom stereocenters. The lowest BCUT2D eigenvalue weighted by Crippen LogP contribution is -2.17. The molecule has 2 N–H and O–H groups in total. The molecular formula is C26H25N5O3S. The fraction of sp³-hybridized carbons (Fsp3) is 0.231. The van der Waals surface area contributed by atoms with Crippen molar-refractivity contribution >= 4 is 45.8 Å². The molecule has 2 bridgehead atoms. The molecule has 0 fully saturated rings. The van der Waals surface area contributed by atoms with Crippen molar-refractivity contribution in [2.75, 3.05) is 17.2 Å². The molecule has 9 heteroatoms. The van der Waals surface area contributed by atoms with Crippen molar-refractivity contribution in [3.05, 3.63) is 66.3 Å². The third-order valence-electron chi connectivity index (χ3n) is 5.90. The normalized spacial score (nSPS) is 16.1. The molecule has 0 spiro atoms. The van der Waals surface area contributed by atoms with Crippen LogP contribution in [0.15, 0.2) is 61.4 Å². The summed E-state index contributed by atoms with van der Waals surface area (Å²) in [6, 6.07) is 11.3. The number of para-hydroxylation sites is 2. The molecular weight excluding hydrogens is 462 g/mol. The van der Waals surface area contributed by atoms with Gasteiger partial charge in [0.15, 0.2) is 0 Å². The summed E-state index contributed by atoms with van der Waals surface area (Å²) in [4.78, 5) is 35.6. The van der Waals surface area contributed by atoms with Crippen LogP contribution in [-0.2, 0) is 11.3 Å². The molecule has 35 heavy (non-hydrogen) atoms. The van der Waals surface area contributed by atoms with Crippen LogP contribution in [0.3, 0.4) is 0 Å². The highest BCUT2D eigenvalue weighted by molar-refractivity contribution is 7.18. The maximum absolute atomic E-state index is 13.4. The van der Waals surface area contributed by atoms with E-state index >= 15 is 0 Å². The molecule has 178 valence electrons. The first-order valence-electron chi connectivity index (χ1n) is 11.4. The summed E-state index contributed by atoms with van der Waals surface area (Å²) in [6.07, 6.45) is 6.36. The van der Waals surface area contributed by atoms with Crippen LogP contribution in [0, 0.1) is 5.92 Å². The van der Waals surface area contributed by atoms with E-state index in [1.807, 2.05) is 24.3 Å². The van der Waals surface area contributed by atoms with Crippen LogP contribution in [0.4, 0.5) is 11.6 Å². The number of carbonyl (C=O) groups is 2. The van der Waals surface area contributed by atoms with Gasteiger partial charge in [-0.15, -0.1) is 11.3 Å². The molecule has 0 saturated carbocycles. The number of imidazole rings is 1. The number of nitrogens with zero attached hydrogens (tertiary/aromatic N) is 3. The molecule has 8 nitrogen and oxygen atoms in total. The van der Waals surface area contributed by atoms with E-state index in [2.05, 4.69) is 38.7 Å². The maximum Gasteiger partial charge on any atom is 0.268 e. The van der Waals surface area contributed by atoms with Crippen molar-refractivity contribution in [1.29, 1.82) is 0 Å². The molecule has 4 aromatic rings. The maximum atomic E-state index is 13.4. The summed E-state index contributed by atoms with van der Waals surface area (Å²) in [6.45, 7) is 6.98. The quantitative estimate of drug-likeness (QED) is 0.372. The zero-order valence-electron chi connectivity index (χ0n) is 19.3. The monoisotopic (exact) mass is 487 g/mol. The molecule has 0 unspecified atom stereocenters. The molecule has 0 radical (unpaired) electrons. The number of hydrogen-bond donors (Lipinski definition) is 2. The minimum absolute atomic E-state index is 0.305. The zero-order chi connectivity index (χ0) is 24.4. The zero-order valence-corrected chi connectivity index (χ0v) is 20.1. The number of benzene rings is 1. The smallest absolute Gasteiger partial charge is 0.268 e. The Morgan fingerprint density at radius 2 is 2.20 bits per heavy atom. The Hall–Kier alpha value is -3.98. The standard InChI is InChI=1S/C26H25N5O3S/c1-3-23(32)28-19-13-22-25(33)30-26-29-18-8-4-5-9-20(18)31(26)15-16(2)7-6-12-34-21-10-11-27-14-17(21)24(19)35-22/h3-5,8-11,13-14,16H,1,6-7,12,15H2,2H3,(H,28,32)(H,29,30,33)/t16-/m1/s1. The topological polar surface area (TPSA) is 98.1 Å². The highest BCUT2D eigenvalue weighted by atomic mass is 32.1. The van der Waals surface area contributed by atoms with Gasteiger partial charge in [-0.1, -0.05) is 25.6 Å². The minimum Gasteiger partial charge on any atom is -0.493 e. The van der Waals surface area contributed by atoms with Gasteiger partial charge in [-0.3, -0.25) is 19.9 Å². The van der Waals surface area contributed by atoms with Crippen molar-refractivity contribution in [2.24, 2.45) is 5.92 Å².